The predicted octanol–water partition coefficient (Wildman–Crippen LogP) is 2.75. The highest BCUT2D eigenvalue weighted by molar-refractivity contribution is 7.89. The van der Waals surface area contributed by atoms with Gasteiger partial charge in [0.25, 0.3) is 5.91 Å². The van der Waals surface area contributed by atoms with Gasteiger partial charge in [-0.15, -0.1) is 0 Å². The first-order chi connectivity index (χ1) is 14.5. The van der Waals surface area contributed by atoms with Crippen LogP contribution in [0.25, 0.3) is 0 Å². The minimum absolute atomic E-state index is 0.130. The summed E-state index contributed by atoms with van der Waals surface area (Å²) in [6.07, 6.45) is 0. The molecule has 0 heterocycles. The lowest BCUT2D eigenvalue weighted by Crippen LogP contribution is -2.49. The number of nitrogens with one attached hydrogen (secondary N) is 3. The van der Waals surface area contributed by atoms with Crippen molar-refractivity contribution < 1.29 is 18.0 Å². The summed E-state index contributed by atoms with van der Waals surface area (Å²) in [5, 5.41) is 5.61. The van der Waals surface area contributed by atoms with Crippen molar-refractivity contribution in [1.82, 2.24) is 15.4 Å². The first kappa shape index (κ1) is 24.6. The second-order valence-corrected chi connectivity index (χ2v) is 9.87. The molecule has 0 saturated carbocycles. The molecule has 168 valence electrons. The van der Waals surface area contributed by atoms with E-state index in [1.807, 2.05) is 32.9 Å². The number of benzene rings is 2. The molecule has 7 nitrogen and oxygen atoms in total. The van der Waals surface area contributed by atoms with Gasteiger partial charge < -0.3 is 10.6 Å². The highest BCUT2D eigenvalue weighted by Crippen LogP contribution is 2.13. The Morgan fingerprint density at radius 2 is 1.65 bits per heavy atom. The Kier molecular flexibility index (Phi) is 8.36. The zero-order chi connectivity index (χ0) is 23.2. The standard InChI is InChI=1S/C23H31N3O4S/c1-15(2)21(25-22(27)20-12-7-6-9-17(20)5)23(28)24-14-18-10-8-11-19(13-18)31(29,30)26-16(3)4/h6-13,15-16,21,26H,14H2,1-5H3,(H,24,28)(H,25,27)/t21-/m1/s1. The molecular weight excluding hydrogens is 414 g/mol. The minimum atomic E-state index is -3.62. The quantitative estimate of drug-likeness (QED) is 0.552. The first-order valence-electron chi connectivity index (χ1n) is 10.3. The number of sulfonamides is 1. The fourth-order valence-corrected chi connectivity index (χ4v) is 4.40. The SMILES string of the molecule is Cc1ccccc1C(=O)N[C@@H](C(=O)NCc1cccc(S(=O)(=O)NC(C)C)c1)C(C)C. The van der Waals surface area contributed by atoms with Gasteiger partial charge in [-0.05, 0) is 56.0 Å². The molecule has 0 unspecified atom stereocenters. The lowest BCUT2D eigenvalue weighted by Gasteiger charge is -2.22. The maximum absolute atomic E-state index is 12.8. The molecule has 1 atom stereocenters. The van der Waals surface area contributed by atoms with Crippen molar-refractivity contribution >= 4 is 21.8 Å². The molecule has 8 heteroatoms. The highest BCUT2D eigenvalue weighted by Gasteiger charge is 2.25. The third-order valence-electron chi connectivity index (χ3n) is 4.69. The average molecular weight is 446 g/mol. The van der Waals surface area contributed by atoms with E-state index in [2.05, 4.69) is 15.4 Å². The maximum Gasteiger partial charge on any atom is 0.252 e. The molecule has 0 spiro atoms. The average Bonchev–Trinajstić information content (AvgIpc) is 2.69. The summed E-state index contributed by atoms with van der Waals surface area (Å²) >= 11 is 0. The van der Waals surface area contributed by atoms with Crippen molar-refractivity contribution in [2.45, 2.75) is 58.1 Å². The summed E-state index contributed by atoms with van der Waals surface area (Å²) in [4.78, 5) is 25.6. The second kappa shape index (κ2) is 10.5. The molecule has 31 heavy (non-hydrogen) atoms. The number of amides is 2. The summed E-state index contributed by atoms with van der Waals surface area (Å²) in [6.45, 7) is 9.19. The van der Waals surface area contributed by atoms with E-state index in [0.717, 1.165) is 5.56 Å². The van der Waals surface area contributed by atoms with Gasteiger partial charge in [-0.1, -0.05) is 44.2 Å². The molecule has 0 fully saturated rings. The van der Waals surface area contributed by atoms with Crippen molar-refractivity contribution in [3.05, 3.63) is 65.2 Å². The third-order valence-corrected chi connectivity index (χ3v) is 6.35. The van der Waals surface area contributed by atoms with Gasteiger partial charge in [-0.25, -0.2) is 13.1 Å². The van der Waals surface area contributed by atoms with E-state index in [1.54, 1.807) is 38.1 Å². The number of carbonyl (C=O) groups excluding carboxylic acids is 2. The maximum atomic E-state index is 12.8. The van der Waals surface area contributed by atoms with Crippen molar-refractivity contribution in [2.24, 2.45) is 5.92 Å². The Hall–Kier alpha value is -2.71. The Morgan fingerprint density at radius 1 is 0.968 bits per heavy atom. The zero-order valence-corrected chi connectivity index (χ0v) is 19.4. The lowest BCUT2D eigenvalue weighted by molar-refractivity contribution is -0.124. The van der Waals surface area contributed by atoms with Crippen LogP contribution in [0.1, 0.15) is 49.2 Å². The third kappa shape index (κ3) is 6.90. The van der Waals surface area contributed by atoms with Gasteiger partial charge in [0.05, 0.1) is 4.90 Å². The monoisotopic (exact) mass is 445 g/mol. The molecule has 2 aromatic rings. The largest absolute Gasteiger partial charge is 0.350 e. The Labute approximate surface area is 184 Å². The number of aryl methyl sites for hydroxylation is 1. The fraction of sp³-hybridized carbons (Fsp3) is 0.391. The summed E-state index contributed by atoms with van der Waals surface area (Å²) in [5.41, 5.74) is 2.00. The van der Waals surface area contributed by atoms with E-state index in [4.69, 9.17) is 0 Å². The number of rotatable bonds is 9. The first-order valence-corrected chi connectivity index (χ1v) is 11.7. The van der Waals surface area contributed by atoms with Crippen molar-refractivity contribution in [3.63, 3.8) is 0 Å². The van der Waals surface area contributed by atoms with Gasteiger partial charge in [0.15, 0.2) is 0 Å². The fourth-order valence-electron chi connectivity index (χ4n) is 3.08. The van der Waals surface area contributed by atoms with Crippen LogP contribution in [0.5, 0.6) is 0 Å². The number of carbonyl (C=O) groups is 2. The molecule has 0 saturated heterocycles. The summed E-state index contributed by atoms with van der Waals surface area (Å²) in [5.74, 6) is -0.764. The van der Waals surface area contributed by atoms with Crippen LogP contribution in [0.4, 0.5) is 0 Å². The van der Waals surface area contributed by atoms with E-state index >= 15 is 0 Å². The van der Waals surface area contributed by atoms with Crippen molar-refractivity contribution in [3.8, 4) is 0 Å². The molecular formula is C23H31N3O4S. The normalized spacial score (nSPS) is 12.6. The molecule has 2 amide bonds. The van der Waals surface area contributed by atoms with Crippen LogP contribution < -0.4 is 15.4 Å². The zero-order valence-electron chi connectivity index (χ0n) is 18.6. The molecule has 0 aliphatic rings. The molecule has 2 aromatic carbocycles. The Bertz CT molecular complexity index is 1030. The van der Waals surface area contributed by atoms with Crippen LogP contribution in [0, 0.1) is 12.8 Å². The topological polar surface area (TPSA) is 104 Å². The second-order valence-electron chi connectivity index (χ2n) is 8.15. The van der Waals surface area contributed by atoms with E-state index in [-0.39, 0.29) is 35.2 Å². The van der Waals surface area contributed by atoms with Crippen LogP contribution in [0.2, 0.25) is 0 Å². The van der Waals surface area contributed by atoms with Crippen molar-refractivity contribution in [2.75, 3.05) is 0 Å². The van der Waals surface area contributed by atoms with Gasteiger partial charge in [-0.3, -0.25) is 9.59 Å². The minimum Gasteiger partial charge on any atom is -0.350 e. The summed E-state index contributed by atoms with van der Waals surface area (Å²) in [6, 6.07) is 12.7. The Balaban J connectivity index is 2.08. The highest BCUT2D eigenvalue weighted by atomic mass is 32.2. The van der Waals surface area contributed by atoms with Gasteiger partial charge >= 0.3 is 0 Å². The van der Waals surface area contributed by atoms with Gasteiger partial charge in [0, 0.05) is 18.2 Å². The molecule has 0 aliphatic carbocycles. The molecule has 0 radical (unpaired) electrons. The van der Waals surface area contributed by atoms with E-state index < -0.39 is 16.1 Å². The van der Waals surface area contributed by atoms with E-state index in [1.165, 1.54) is 12.1 Å². The van der Waals surface area contributed by atoms with Gasteiger partial charge in [0.1, 0.15) is 6.04 Å². The van der Waals surface area contributed by atoms with Gasteiger partial charge in [-0.2, -0.15) is 0 Å². The molecule has 3 N–H and O–H groups in total. The van der Waals surface area contributed by atoms with E-state index in [0.29, 0.717) is 11.1 Å². The summed E-state index contributed by atoms with van der Waals surface area (Å²) < 4.78 is 27.3. The Morgan fingerprint density at radius 3 is 2.26 bits per heavy atom. The van der Waals surface area contributed by atoms with Gasteiger partial charge in [0.2, 0.25) is 15.9 Å². The van der Waals surface area contributed by atoms with Crippen LogP contribution in [0.15, 0.2) is 53.4 Å². The molecule has 0 bridgehead atoms. The molecule has 2 rings (SSSR count). The van der Waals surface area contributed by atoms with Crippen molar-refractivity contribution in [1.29, 1.82) is 0 Å². The van der Waals surface area contributed by atoms with Crippen LogP contribution in [-0.4, -0.2) is 32.3 Å². The predicted molar refractivity (Wildman–Crippen MR) is 121 cm³/mol. The lowest BCUT2D eigenvalue weighted by atomic mass is 10.0. The number of hydrogen-bond donors (Lipinski definition) is 3. The smallest absolute Gasteiger partial charge is 0.252 e. The van der Waals surface area contributed by atoms with E-state index in [9.17, 15) is 18.0 Å². The van der Waals surface area contributed by atoms with Crippen LogP contribution in [0.3, 0.4) is 0 Å². The molecule has 0 aromatic heterocycles. The van der Waals surface area contributed by atoms with Crippen LogP contribution >= 0.6 is 0 Å². The molecule has 0 aliphatic heterocycles. The number of hydrogen-bond acceptors (Lipinski definition) is 4. The van der Waals surface area contributed by atoms with Crippen LogP contribution in [-0.2, 0) is 21.4 Å². The summed E-state index contributed by atoms with van der Waals surface area (Å²) in [7, 11) is -3.62.